The van der Waals surface area contributed by atoms with Crippen molar-refractivity contribution in [2.45, 2.75) is 44.8 Å². The Hall–Kier alpha value is -2.37. The van der Waals surface area contributed by atoms with Crippen LogP contribution in [0.4, 0.5) is 0 Å². The molecule has 2 saturated heterocycles. The number of hydrogen-bond acceptors (Lipinski definition) is 4. The number of benzene rings is 2. The van der Waals surface area contributed by atoms with Crippen molar-refractivity contribution in [3.8, 4) is 5.75 Å². The van der Waals surface area contributed by atoms with Gasteiger partial charge in [0.05, 0.1) is 6.04 Å². The molecule has 2 fully saturated rings. The smallest absolute Gasteiger partial charge is 0.253 e. The van der Waals surface area contributed by atoms with Gasteiger partial charge in [-0.2, -0.15) is 0 Å². The minimum absolute atomic E-state index is 0.0409. The summed E-state index contributed by atoms with van der Waals surface area (Å²) in [5, 5.41) is 10.1. The van der Waals surface area contributed by atoms with Gasteiger partial charge in [-0.25, -0.2) is 0 Å². The van der Waals surface area contributed by atoms with Crippen molar-refractivity contribution in [3.05, 3.63) is 65.2 Å². The highest BCUT2D eigenvalue weighted by Crippen LogP contribution is 2.34. The molecule has 2 aliphatic heterocycles. The molecule has 3 atom stereocenters. The number of nitrogens with zero attached hydrogens (tertiary/aromatic N) is 3. The number of likely N-dealkylation sites (tertiary alicyclic amines) is 1. The number of likely N-dealkylation sites (N-methyl/N-ethyl adjacent to an activating group) is 1. The molecule has 4 rings (SSSR count). The molecular formula is C25H33N3O2. The fourth-order valence-corrected chi connectivity index (χ4v) is 4.87. The Morgan fingerprint density at radius 3 is 2.33 bits per heavy atom. The highest BCUT2D eigenvalue weighted by Gasteiger charge is 2.33. The number of amides is 1. The molecular weight excluding hydrogens is 374 g/mol. The van der Waals surface area contributed by atoms with Gasteiger partial charge in [0.2, 0.25) is 0 Å². The van der Waals surface area contributed by atoms with Crippen LogP contribution in [-0.4, -0.2) is 71.0 Å². The highest BCUT2D eigenvalue weighted by atomic mass is 16.3. The average molecular weight is 408 g/mol. The summed E-state index contributed by atoms with van der Waals surface area (Å²) in [6.45, 7) is 8.21. The summed E-state index contributed by atoms with van der Waals surface area (Å²) in [6, 6.07) is 16.6. The van der Waals surface area contributed by atoms with Crippen molar-refractivity contribution in [1.82, 2.24) is 14.7 Å². The first kappa shape index (κ1) is 20.9. The van der Waals surface area contributed by atoms with Crippen LogP contribution in [0.1, 0.15) is 54.2 Å². The minimum Gasteiger partial charge on any atom is -0.508 e. The molecule has 0 unspecified atom stereocenters. The number of phenolic OH excluding ortho intramolecular Hbond substituents is 1. The Balaban J connectivity index is 1.66. The largest absolute Gasteiger partial charge is 0.508 e. The number of rotatable bonds is 4. The van der Waals surface area contributed by atoms with Gasteiger partial charge in [0.1, 0.15) is 5.75 Å². The fourth-order valence-electron chi connectivity index (χ4n) is 4.87. The van der Waals surface area contributed by atoms with Gasteiger partial charge in [0, 0.05) is 43.8 Å². The van der Waals surface area contributed by atoms with E-state index in [1.165, 1.54) is 0 Å². The molecule has 0 saturated carbocycles. The molecule has 0 spiro atoms. The second-order valence-electron chi connectivity index (χ2n) is 8.95. The Bertz CT molecular complexity index is 876. The van der Waals surface area contributed by atoms with Crippen LogP contribution < -0.4 is 0 Å². The Morgan fingerprint density at radius 2 is 1.67 bits per heavy atom. The lowest BCUT2D eigenvalue weighted by Gasteiger charge is -2.46. The summed E-state index contributed by atoms with van der Waals surface area (Å²) in [4.78, 5) is 19.6. The molecule has 2 aliphatic rings. The van der Waals surface area contributed by atoms with Crippen LogP contribution in [0.15, 0.2) is 48.5 Å². The second kappa shape index (κ2) is 8.78. The van der Waals surface area contributed by atoms with Crippen molar-refractivity contribution in [2.24, 2.45) is 0 Å². The lowest BCUT2D eigenvalue weighted by molar-refractivity contribution is 0.0389. The van der Waals surface area contributed by atoms with Gasteiger partial charge in [0.25, 0.3) is 5.91 Å². The first-order chi connectivity index (χ1) is 14.4. The molecule has 30 heavy (non-hydrogen) atoms. The van der Waals surface area contributed by atoms with Crippen LogP contribution >= 0.6 is 0 Å². The third-order valence-corrected chi connectivity index (χ3v) is 6.73. The van der Waals surface area contributed by atoms with Crippen LogP contribution in [0.5, 0.6) is 5.75 Å². The molecule has 0 aliphatic carbocycles. The molecule has 0 aromatic heterocycles. The van der Waals surface area contributed by atoms with E-state index in [0.29, 0.717) is 12.1 Å². The first-order valence-electron chi connectivity index (χ1n) is 11.1. The highest BCUT2D eigenvalue weighted by molar-refractivity contribution is 5.94. The molecule has 2 aromatic carbocycles. The maximum absolute atomic E-state index is 12.8. The van der Waals surface area contributed by atoms with Gasteiger partial charge in [-0.3, -0.25) is 9.69 Å². The second-order valence-corrected chi connectivity index (χ2v) is 8.95. The lowest BCUT2D eigenvalue weighted by atomic mass is 9.93. The normalized spacial score (nSPS) is 24.2. The van der Waals surface area contributed by atoms with Crippen LogP contribution in [0, 0.1) is 0 Å². The molecule has 2 aromatic rings. The summed E-state index contributed by atoms with van der Waals surface area (Å²) >= 11 is 0. The van der Waals surface area contributed by atoms with Crippen molar-refractivity contribution in [1.29, 1.82) is 0 Å². The van der Waals surface area contributed by atoms with Crippen molar-refractivity contribution < 1.29 is 9.90 Å². The topological polar surface area (TPSA) is 47.0 Å². The molecule has 5 nitrogen and oxygen atoms in total. The molecule has 2 heterocycles. The van der Waals surface area contributed by atoms with Gasteiger partial charge in [-0.05, 0) is 69.1 Å². The molecule has 5 heteroatoms. The van der Waals surface area contributed by atoms with Crippen LogP contribution in [-0.2, 0) is 0 Å². The summed E-state index contributed by atoms with van der Waals surface area (Å²) < 4.78 is 0. The van der Waals surface area contributed by atoms with Gasteiger partial charge in [-0.15, -0.1) is 0 Å². The summed E-state index contributed by atoms with van der Waals surface area (Å²) in [7, 11) is 2.18. The Morgan fingerprint density at radius 1 is 0.967 bits per heavy atom. The SMILES string of the molecule is C[C@@H]1CN([C@H](c2ccc(C(=O)N3CCCC3)cc2)c2cccc(O)c2)[C@H](C)CN1C. The molecule has 1 N–H and O–H groups in total. The maximum Gasteiger partial charge on any atom is 0.253 e. The standard InChI is InChI=1S/C25H33N3O2/c1-18-17-28(19(2)16-26(18)3)24(22-7-6-8-23(29)15-22)20-9-11-21(12-10-20)25(30)27-13-4-5-14-27/h6-12,15,18-19,24,29H,4-5,13-14,16-17H2,1-3H3/t18-,19-,24-/m1/s1. The van der Waals surface area contributed by atoms with E-state index in [0.717, 1.165) is 55.7 Å². The van der Waals surface area contributed by atoms with Gasteiger partial charge in [0.15, 0.2) is 0 Å². The number of carbonyl (C=O) groups is 1. The molecule has 160 valence electrons. The van der Waals surface area contributed by atoms with Gasteiger partial charge in [-0.1, -0.05) is 24.3 Å². The Kier molecular flexibility index (Phi) is 6.11. The quantitative estimate of drug-likeness (QED) is 0.839. The predicted octanol–water partition coefficient (Wildman–Crippen LogP) is 3.74. The van der Waals surface area contributed by atoms with E-state index in [1.54, 1.807) is 6.07 Å². The fraction of sp³-hybridized carbons (Fsp3) is 0.480. The van der Waals surface area contributed by atoms with E-state index >= 15 is 0 Å². The summed E-state index contributed by atoms with van der Waals surface area (Å²) in [6.07, 6.45) is 2.20. The van der Waals surface area contributed by atoms with Crippen LogP contribution in [0.3, 0.4) is 0 Å². The van der Waals surface area contributed by atoms with E-state index in [9.17, 15) is 9.90 Å². The van der Waals surface area contributed by atoms with E-state index < -0.39 is 0 Å². The van der Waals surface area contributed by atoms with Crippen molar-refractivity contribution in [2.75, 3.05) is 33.2 Å². The maximum atomic E-state index is 12.8. The zero-order valence-corrected chi connectivity index (χ0v) is 18.3. The number of aromatic hydroxyl groups is 1. The van der Waals surface area contributed by atoms with E-state index in [1.807, 2.05) is 29.2 Å². The third-order valence-electron chi connectivity index (χ3n) is 6.73. The average Bonchev–Trinajstić information content (AvgIpc) is 3.27. The number of hydrogen-bond donors (Lipinski definition) is 1. The van der Waals surface area contributed by atoms with Gasteiger partial charge < -0.3 is 14.9 Å². The van der Waals surface area contributed by atoms with E-state index in [2.05, 4.69) is 48.9 Å². The minimum atomic E-state index is 0.0409. The molecule has 0 radical (unpaired) electrons. The van der Waals surface area contributed by atoms with Gasteiger partial charge >= 0.3 is 0 Å². The predicted molar refractivity (Wildman–Crippen MR) is 120 cm³/mol. The zero-order chi connectivity index (χ0) is 21.3. The first-order valence-corrected chi connectivity index (χ1v) is 11.1. The molecule has 1 amide bonds. The Labute approximate surface area is 179 Å². The third kappa shape index (κ3) is 4.23. The summed E-state index contributed by atoms with van der Waals surface area (Å²) in [5.41, 5.74) is 2.99. The van der Waals surface area contributed by atoms with E-state index in [4.69, 9.17) is 0 Å². The van der Waals surface area contributed by atoms with Crippen LogP contribution in [0.25, 0.3) is 0 Å². The van der Waals surface area contributed by atoms with Crippen LogP contribution in [0.2, 0.25) is 0 Å². The number of phenols is 1. The molecule has 0 bridgehead atoms. The zero-order valence-electron chi connectivity index (χ0n) is 18.3. The van der Waals surface area contributed by atoms with Crippen molar-refractivity contribution >= 4 is 5.91 Å². The number of piperazine rings is 1. The lowest BCUT2D eigenvalue weighted by Crippen LogP contribution is -2.55. The van der Waals surface area contributed by atoms with E-state index in [-0.39, 0.29) is 17.7 Å². The van der Waals surface area contributed by atoms with Crippen molar-refractivity contribution in [3.63, 3.8) is 0 Å². The number of carbonyl (C=O) groups excluding carboxylic acids is 1. The monoisotopic (exact) mass is 407 g/mol. The summed E-state index contributed by atoms with van der Waals surface area (Å²) in [5.74, 6) is 0.419.